The van der Waals surface area contributed by atoms with E-state index in [2.05, 4.69) is 21.7 Å². The van der Waals surface area contributed by atoms with Crippen molar-refractivity contribution in [2.75, 3.05) is 6.54 Å². The molecule has 0 radical (unpaired) electrons. The molecule has 0 unspecified atom stereocenters. The molecule has 0 atom stereocenters. The summed E-state index contributed by atoms with van der Waals surface area (Å²) >= 11 is 6.11. The van der Waals surface area contributed by atoms with Crippen molar-refractivity contribution in [3.05, 3.63) is 76.1 Å². The van der Waals surface area contributed by atoms with Crippen molar-refractivity contribution in [3.63, 3.8) is 0 Å². The number of rotatable bonds is 7. The Balaban J connectivity index is 1.53. The minimum absolute atomic E-state index is 0.239. The number of nitrogens with one attached hydrogen (secondary N) is 2. The van der Waals surface area contributed by atoms with Gasteiger partial charge in [0.05, 0.1) is 0 Å². The van der Waals surface area contributed by atoms with Crippen LogP contribution in [0.5, 0.6) is 0 Å². The number of aromatic nitrogens is 1. The molecule has 1 aliphatic carbocycles. The predicted molar refractivity (Wildman–Crippen MR) is 110 cm³/mol. The Morgan fingerprint density at radius 3 is 2.71 bits per heavy atom. The number of hydrogen-bond acceptors (Lipinski definition) is 3. The summed E-state index contributed by atoms with van der Waals surface area (Å²) in [5, 5.41) is 6.31. The summed E-state index contributed by atoms with van der Waals surface area (Å²) in [4.78, 5) is 28.8. The van der Waals surface area contributed by atoms with E-state index >= 15 is 0 Å². The largest absolute Gasteiger partial charge is 0.350 e. The van der Waals surface area contributed by atoms with Crippen LogP contribution < -0.4 is 10.6 Å². The topological polar surface area (TPSA) is 71.1 Å². The Morgan fingerprint density at radius 2 is 1.93 bits per heavy atom. The number of halogens is 1. The van der Waals surface area contributed by atoms with E-state index in [1.807, 2.05) is 18.2 Å². The van der Waals surface area contributed by atoms with Crippen molar-refractivity contribution in [2.45, 2.75) is 38.6 Å². The van der Waals surface area contributed by atoms with Gasteiger partial charge in [-0.2, -0.15) is 0 Å². The molecule has 0 saturated heterocycles. The lowest BCUT2D eigenvalue weighted by Gasteiger charge is -2.13. The maximum absolute atomic E-state index is 12.4. The molecular weight excluding hydrogens is 374 g/mol. The molecule has 0 aliphatic heterocycles. The fourth-order valence-electron chi connectivity index (χ4n) is 3.17. The third-order valence-corrected chi connectivity index (χ3v) is 5.14. The molecule has 0 spiro atoms. The number of benzene rings is 1. The number of carbonyl (C=O) groups excluding carboxylic acids is 2. The highest BCUT2D eigenvalue weighted by molar-refractivity contribution is 6.31. The second-order valence-electron chi connectivity index (χ2n) is 6.82. The monoisotopic (exact) mass is 397 g/mol. The molecule has 5 nitrogen and oxygen atoms in total. The first-order valence-corrected chi connectivity index (χ1v) is 9.95. The Bertz CT molecular complexity index is 880. The van der Waals surface area contributed by atoms with Gasteiger partial charge in [-0.05, 0) is 55.9 Å². The van der Waals surface area contributed by atoms with Crippen LogP contribution in [0.2, 0.25) is 5.02 Å². The van der Waals surface area contributed by atoms with Crippen LogP contribution in [0, 0.1) is 0 Å². The lowest BCUT2D eigenvalue weighted by atomic mass is 9.97. The molecule has 28 heavy (non-hydrogen) atoms. The van der Waals surface area contributed by atoms with Gasteiger partial charge in [-0.3, -0.25) is 14.6 Å². The van der Waals surface area contributed by atoms with E-state index in [4.69, 9.17) is 11.6 Å². The molecular formula is C22H24ClN3O2. The first-order chi connectivity index (χ1) is 13.6. The molecule has 0 saturated carbocycles. The average Bonchev–Trinajstić information content (AvgIpc) is 2.74. The van der Waals surface area contributed by atoms with Gasteiger partial charge in [0.1, 0.15) is 5.69 Å². The van der Waals surface area contributed by atoms with Crippen LogP contribution in [0.1, 0.15) is 58.5 Å². The van der Waals surface area contributed by atoms with Crippen LogP contribution in [0.15, 0.2) is 54.2 Å². The molecule has 2 aromatic rings. The van der Waals surface area contributed by atoms with Gasteiger partial charge < -0.3 is 10.6 Å². The molecule has 6 heteroatoms. The second-order valence-corrected chi connectivity index (χ2v) is 7.23. The highest BCUT2D eigenvalue weighted by atomic mass is 35.5. The Kier molecular flexibility index (Phi) is 7.20. The maximum Gasteiger partial charge on any atom is 0.269 e. The summed E-state index contributed by atoms with van der Waals surface area (Å²) in [7, 11) is 0. The number of hydrogen-bond donors (Lipinski definition) is 2. The van der Waals surface area contributed by atoms with E-state index in [9.17, 15) is 9.59 Å². The third kappa shape index (κ3) is 5.67. The molecule has 1 aliphatic rings. The number of allylic oxidation sites excluding steroid dienone is 1. The minimum Gasteiger partial charge on any atom is -0.350 e. The van der Waals surface area contributed by atoms with Crippen LogP contribution >= 0.6 is 11.6 Å². The number of carbonyl (C=O) groups is 2. The van der Waals surface area contributed by atoms with Crippen molar-refractivity contribution < 1.29 is 9.59 Å². The van der Waals surface area contributed by atoms with Crippen LogP contribution in [0.4, 0.5) is 0 Å². The molecule has 1 heterocycles. The second kappa shape index (κ2) is 10.0. The zero-order valence-electron chi connectivity index (χ0n) is 15.7. The normalized spacial score (nSPS) is 13.5. The molecule has 0 fully saturated rings. The minimum atomic E-state index is -0.274. The Labute approximate surface area is 170 Å². The predicted octanol–water partition coefficient (Wildman–Crippen LogP) is 4.29. The van der Waals surface area contributed by atoms with E-state index in [1.165, 1.54) is 30.7 Å². The molecule has 3 rings (SSSR count). The summed E-state index contributed by atoms with van der Waals surface area (Å²) < 4.78 is 0. The van der Waals surface area contributed by atoms with Gasteiger partial charge >= 0.3 is 0 Å². The van der Waals surface area contributed by atoms with Gasteiger partial charge in [-0.15, -0.1) is 0 Å². The number of pyridine rings is 1. The Hall–Kier alpha value is -2.66. The third-order valence-electron chi connectivity index (χ3n) is 4.77. The van der Waals surface area contributed by atoms with Crippen LogP contribution in [0.25, 0.3) is 0 Å². The smallest absolute Gasteiger partial charge is 0.269 e. The summed E-state index contributed by atoms with van der Waals surface area (Å²) in [5.74, 6) is -0.541. The molecule has 2 N–H and O–H groups in total. The highest BCUT2D eigenvalue weighted by Gasteiger charge is 2.12. The Morgan fingerprint density at radius 1 is 1.07 bits per heavy atom. The quantitative estimate of drug-likeness (QED) is 0.685. The average molecular weight is 398 g/mol. The zero-order valence-corrected chi connectivity index (χ0v) is 16.5. The van der Waals surface area contributed by atoms with Gasteiger partial charge in [0.2, 0.25) is 0 Å². The molecule has 0 bridgehead atoms. The van der Waals surface area contributed by atoms with Gasteiger partial charge in [-0.1, -0.05) is 41.4 Å². The standard InChI is InChI=1S/C22H24ClN3O2/c23-19-9-5-4-8-18(19)15-26-21(27)17-11-13-24-20(14-17)22(28)25-12-10-16-6-2-1-3-7-16/h4-6,8-9,11,13-14H,1-3,7,10,12,15H2,(H,25,28)(H,26,27). The summed E-state index contributed by atoms with van der Waals surface area (Å²) in [5.41, 5.74) is 2.87. The van der Waals surface area contributed by atoms with Crippen LogP contribution in [-0.4, -0.2) is 23.3 Å². The molecule has 146 valence electrons. The summed E-state index contributed by atoms with van der Waals surface area (Å²) in [6, 6.07) is 10.4. The fourth-order valence-corrected chi connectivity index (χ4v) is 3.38. The fraction of sp³-hybridized carbons (Fsp3) is 0.318. The van der Waals surface area contributed by atoms with Gasteiger partial charge in [0.25, 0.3) is 11.8 Å². The molecule has 1 aromatic heterocycles. The van der Waals surface area contributed by atoms with Gasteiger partial charge in [0, 0.05) is 29.9 Å². The van der Waals surface area contributed by atoms with Crippen LogP contribution in [0.3, 0.4) is 0 Å². The van der Waals surface area contributed by atoms with E-state index in [-0.39, 0.29) is 17.5 Å². The SMILES string of the molecule is O=C(NCc1ccccc1Cl)c1ccnc(C(=O)NCCC2=CCCCC2)c1. The van der Waals surface area contributed by atoms with E-state index in [0.717, 1.165) is 24.8 Å². The lowest BCUT2D eigenvalue weighted by Crippen LogP contribution is -2.27. The van der Waals surface area contributed by atoms with Gasteiger partial charge in [-0.25, -0.2) is 0 Å². The van der Waals surface area contributed by atoms with Crippen molar-refractivity contribution in [1.82, 2.24) is 15.6 Å². The summed E-state index contributed by atoms with van der Waals surface area (Å²) in [6.45, 7) is 0.896. The lowest BCUT2D eigenvalue weighted by molar-refractivity contribution is 0.0949. The van der Waals surface area contributed by atoms with Gasteiger partial charge in [0.15, 0.2) is 0 Å². The van der Waals surface area contributed by atoms with E-state index < -0.39 is 0 Å². The molecule has 2 amide bonds. The van der Waals surface area contributed by atoms with Crippen molar-refractivity contribution >= 4 is 23.4 Å². The highest BCUT2D eigenvalue weighted by Crippen LogP contribution is 2.19. The van der Waals surface area contributed by atoms with Crippen molar-refractivity contribution in [1.29, 1.82) is 0 Å². The van der Waals surface area contributed by atoms with Crippen LogP contribution in [-0.2, 0) is 6.54 Å². The number of amides is 2. The summed E-state index contributed by atoms with van der Waals surface area (Å²) in [6.07, 6.45) is 9.35. The number of nitrogens with zero attached hydrogens (tertiary/aromatic N) is 1. The van der Waals surface area contributed by atoms with Crippen molar-refractivity contribution in [3.8, 4) is 0 Å². The maximum atomic E-state index is 12.4. The van der Waals surface area contributed by atoms with E-state index in [0.29, 0.717) is 23.7 Å². The first kappa shape index (κ1) is 20.1. The first-order valence-electron chi connectivity index (χ1n) is 9.57. The van der Waals surface area contributed by atoms with E-state index in [1.54, 1.807) is 12.1 Å². The zero-order chi connectivity index (χ0) is 19.8. The van der Waals surface area contributed by atoms with Crippen molar-refractivity contribution in [2.24, 2.45) is 0 Å². The molecule has 1 aromatic carbocycles.